The lowest BCUT2D eigenvalue weighted by Gasteiger charge is -2.06. The molecule has 0 heterocycles. The van der Waals surface area contributed by atoms with Gasteiger partial charge in [0, 0.05) is 5.75 Å². The summed E-state index contributed by atoms with van der Waals surface area (Å²) in [5.74, 6) is 0.304. The summed E-state index contributed by atoms with van der Waals surface area (Å²) in [6.45, 7) is 0. The van der Waals surface area contributed by atoms with Crippen molar-refractivity contribution in [3.8, 4) is 0 Å². The van der Waals surface area contributed by atoms with E-state index < -0.39 is 11.7 Å². The topological polar surface area (TPSA) is 20.2 Å². The summed E-state index contributed by atoms with van der Waals surface area (Å²) in [6.07, 6.45) is -4.29. The Bertz CT molecular complexity index is 268. The Balaban J connectivity index is 2.81. The van der Waals surface area contributed by atoms with Crippen LogP contribution in [0.4, 0.5) is 13.2 Å². The second-order valence-corrected chi connectivity index (χ2v) is 3.01. The third-order valence-electron chi connectivity index (χ3n) is 1.51. The zero-order valence-corrected chi connectivity index (χ0v) is 7.32. The van der Waals surface area contributed by atoms with Crippen molar-refractivity contribution in [2.45, 2.75) is 11.9 Å². The summed E-state index contributed by atoms with van der Waals surface area (Å²) in [4.78, 5) is 0. The molecule has 1 nitrogen and oxygen atoms in total. The van der Waals surface area contributed by atoms with Crippen LogP contribution in [0.2, 0.25) is 0 Å². The summed E-state index contributed by atoms with van der Waals surface area (Å²) in [5, 5.41) is 0. The maximum Gasteiger partial charge on any atom is 0.416 e. The largest absolute Gasteiger partial charge is 0.416 e. The fourth-order valence-electron chi connectivity index (χ4n) is 0.864. The van der Waals surface area contributed by atoms with Crippen molar-refractivity contribution in [2.75, 3.05) is 0 Å². The van der Waals surface area contributed by atoms with Gasteiger partial charge in [0.25, 0.3) is 0 Å². The van der Waals surface area contributed by atoms with E-state index in [0.29, 0.717) is 23.4 Å². The third kappa shape index (κ3) is 2.93. The first-order valence-electron chi connectivity index (χ1n) is 3.46. The molecule has 0 aromatic heterocycles. The molecular weight excluding hydrogens is 201 g/mol. The molecule has 1 rings (SSSR count). The van der Waals surface area contributed by atoms with Crippen molar-refractivity contribution < 1.29 is 17.7 Å². The number of alkyl halides is 3. The van der Waals surface area contributed by atoms with E-state index in [0.717, 1.165) is 12.1 Å². The van der Waals surface area contributed by atoms with Crippen molar-refractivity contribution in [1.82, 2.24) is 0 Å². The van der Waals surface area contributed by atoms with Crippen molar-refractivity contribution in [3.05, 3.63) is 35.4 Å². The zero-order chi connectivity index (χ0) is 9.90. The summed E-state index contributed by atoms with van der Waals surface area (Å²) in [6, 6.07) is 4.72. The van der Waals surface area contributed by atoms with Gasteiger partial charge in [-0.1, -0.05) is 12.1 Å². The second-order valence-electron chi connectivity index (χ2n) is 2.47. The summed E-state index contributed by atoms with van der Waals surface area (Å²) < 4.78 is 44.6. The van der Waals surface area contributed by atoms with Gasteiger partial charge in [0.2, 0.25) is 0 Å². The van der Waals surface area contributed by atoms with Crippen molar-refractivity contribution in [2.24, 2.45) is 0 Å². The normalized spacial score (nSPS) is 11.7. The van der Waals surface area contributed by atoms with E-state index in [4.69, 9.17) is 4.55 Å². The van der Waals surface area contributed by atoms with Gasteiger partial charge in [-0.3, -0.25) is 0 Å². The predicted octanol–water partition coefficient (Wildman–Crippen LogP) is 3.41. The van der Waals surface area contributed by atoms with E-state index in [1.165, 1.54) is 12.1 Å². The van der Waals surface area contributed by atoms with Crippen LogP contribution in [0.3, 0.4) is 0 Å². The molecule has 0 saturated carbocycles. The minimum absolute atomic E-state index is 0.304. The van der Waals surface area contributed by atoms with Gasteiger partial charge < -0.3 is 4.55 Å². The highest BCUT2D eigenvalue weighted by molar-refractivity contribution is 7.92. The first kappa shape index (κ1) is 10.4. The standard InChI is InChI=1S/C8H7F3OS/c9-8(10,11)7-3-1-6(2-4-7)5-13-12/h1-4,12H,5H2. The van der Waals surface area contributed by atoms with Crippen LogP contribution in [0.25, 0.3) is 0 Å². The number of halogens is 3. The lowest BCUT2D eigenvalue weighted by atomic mass is 10.1. The Kier molecular flexibility index (Phi) is 3.22. The molecule has 0 fully saturated rings. The molecule has 1 aromatic carbocycles. The Morgan fingerprint density at radius 2 is 1.69 bits per heavy atom. The number of hydrogen-bond donors (Lipinski definition) is 1. The molecule has 0 amide bonds. The molecule has 0 unspecified atom stereocenters. The number of benzene rings is 1. The summed E-state index contributed by atoms with van der Waals surface area (Å²) in [5.41, 5.74) is -0.000287. The Morgan fingerprint density at radius 1 is 1.15 bits per heavy atom. The van der Waals surface area contributed by atoms with Crippen LogP contribution in [0.15, 0.2) is 24.3 Å². The fraction of sp³-hybridized carbons (Fsp3) is 0.250. The van der Waals surface area contributed by atoms with E-state index in [1.807, 2.05) is 0 Å². The summed E-state index contributed by atoms with van der Waals surface area (Å²) >= 11 is 0.587. The van der Waals surface area contributed by atoms with Gasteiger partial charge in [0.05, 0.1) is 5.56 Å². The fourth-order valence-corrected chi connectivity index (χ4v) is 1.21. The highest BCUT2D eigenvalue weighted by atomic mass is 32.2. The highest BCUT2D eigenvalue weighted by Gasteiger charge is 2.29. The molecule has 0 bridgehead atoms. The van der Waals surface area contributed by atoms with Gasteiger partial charge in [-0.25, -0.2) is 0 Å². The molecule has 0 saturated heterocycles. The Labute approximate surface area is 77.8 Å². The number of rotatable bonds is 2. The minimum Gasteiger partial charge on any atom is -0.330 e. The lowest BCUT2D eigenvalue weighted by Crippen LogP contribution is -2.04. The maximum absolute atomic E-state index is 12.1. The lowest BCUT2D eigenvalue weighted by molar-refractivity contribution is -0.137. The molecule has 5 heteroatoms. The van der Waals surface area contributed by atoms with Crippen LogP contribution in [0, 0.1) is 0 Å². The average Bonchev–Trinajstić information content (AvgIpc) is 2.04. The molecule has 0 spiro atoms. The van der Waals surface area contributed by atoms with Crippen LogP contribution in [0.1, 0.15) is 11.1 Å². The van der Waals surface area contributed by atoms with Gasteiger partial charge in [0.15, 0.2) is 0 Å². The second kappa shape index (κ2) is 4.02. The van der Waals surface area contributed by atoms with Gasteiger partial charge in [-0.2, -0.15) is 13.2 Å². The third-order valence-corrected chi connectivity index (χ3v) is 1.97. The Morgan fingerprint density at radius 3 is 2.08 bits per heavy atom. The average molecular weight is 208 g/mol. The Hall–Kier alpha value is -0.680. The van der Waals surface area contributed by atoms with E-state index in [2.05, 4.69) is 0 Å². The van der Waals surface area contributed by atoms with E-state index in [9.17, 15) is 13.2 Å². The van der Waals surface area contributed by atoms with Crippen LogP contribution in [-0.2, 0) is 11.9 Å². The first-order chi connectivity index (χ1) is 6.04. The van der Waals surface area contributed by atoms with E-state index >= 15 is 0 Å². The molecule has 0 aliphatic rings. The minimum atomic E-state index is -4.29. The van der Waals surface area contributed by atoms with Crippen LogP contribution in [0.5, 0.6) is 0 Å². The maximum atomic E-state index is 12.1. The first-order valence-corrected chi connectivity index (χ1v) is 4.41. The molecule has 0 aliphatic heterocycles. The molecular formula is C8H7F3OS. The monoisotopic (exact) mass is 208 g/mol. The zero-order valence-electron chi connectivity index (χ0n) is 6.51. The molecule has 0 atom stereocenters. The molecule has 72 valence electrons. The van der Waals surface area contributed by atoms with Gasteiger partial charge >= 0.3 is 6.18 Å². The molecule has 0 aliphatic carbocycles. The predicted molar refractivity (Wildman–Crippen MR) is 45.4 cm³/mol. The molecule has 13 heavy (non-hydrogen) atoms. The SMILES string of the molecule is OSCc1ccc(C(F)(F)F)cc1. The quantitative estimate of drug-likeness (QED) is 0.751. The molecule has 0 radical (unpaired) electrons. The van der Waals surface area contributed by atoms with E-state index in [-0.39, 0.29) is 0 Å². The van der Waals surface area contributed by atoms with Crippen molar-refractivity contribution in [1.29, 1.82) is 0 Å². The highest BCUT2D eigenvalue weighted by Crippen LogP contribution is 2.29. The van der Waals surface area contributed by atoms with Gasteiger partial charge in [0.1, 0.15) is 0 Å². The van der Waals surface area contributed by atoms with Gasteiger partial charge in [-0.05, 0) is 29.7 Å². The molecule has 1 aromatic rings. The van der Waals surface area contributed by atoms with Crippen LogP contribution >= 0.6 is 12.0 Å². The van der Waals surface area contributed by atoms with E-state index in [1.54, 1.807) is 0 Å². The van der Waals surface area contributed by atoms with Crippen LogP contribution in [-0.4, -0.2) is 4.55 Å². The summed E-state index contributed by atoms with van der Waals surface area (Å²) in [7, 11) is 0. The molecule has 1 N–H and O–H groups in total. The van der Waals surface area contributed by atoms with Gasteiger partial charge in [-0.15, -0.1) is 0 Å². The number of hydrogen-bond acceptors (Lipinski definition) is 2. The van der Waals surface area contributed by atoms with Crippen molar-refractivity contribution >= 4 is 12.0 Å². The van der Waals surface area contributed by atoms with Crippen molar-refractivity contribution in [3.63, 3.8) is 0 Å². The smallest absolute Gasteiger partial charge is 0.330 e. The van der Waals surface area contributed by atoms with Crippen LogP contribution < -0.4 is 0 Å².